The zero-order valence-corrected chi connectivity index (χ0v) is 14.6. The molecule has 1 aromatic heterocycles. The lowest BCUT2D eigenvalue weighted by atomic mass is 9.99. The van der Waals surface area contributed by atoms with Crippen molar-refractivity contribution in [1.82, 2.24) is 25.1 Å². The Hall–Kier alpha value is -2.87. The highest BCUT2D eigenvalue weighted by atomic mass is 16.5. The second kappa shape index (κ2) is 6.45. The first-order valence-corrected chi connectivity index (χ1v) is 8.58. The highest BCUT2D eigenvalue weighted by Crippen LogP contribution is 2.26. The van der Waals surface area contributed by atoms with Gasteiger partial charge in [-0.15, -0.1) is 0 Å². The molecule has 2 aliphatic heterocycles. The number of aromatic nitrogens is 2. The van der Waals surface area contributed by atoms with E-state index in [9.17, 15) is 9.59 Å². The number of amides is 3. The molecule has 1 aromatic carbocycles. The normalized spacial score (nSPS) is 22.7. The molecular formula is C18H21N5O3. The van der Waals surface area contributed by atoms with Crippen molar-refractivity contribution in [3.8, 4) is 5.75 Å². The molecule has 8 heteroatoms. The van der Waals surface area contributed by atoms with E-state index in [0.29, 0.717) is 19.6 Å². The van der Waals surface area contributed by atoms with E-state index in [4.69, 9.17) is 4.74 Å². The van der Waals surface area contributed by atoms with E-state index in [-0.39, 0.29) is 5.91 Å². The molecule has 3 amide bonds. The minimum absolute atomic E-state index is 0.219. The number of hydrogen-bond donors (Lipinski definition) is 2. The number of hydrogen-bond acceptors (Lipinski definition) is 5. The third-order valence-electron chi connectivity index (χ3n) is 4.98. The number of carbonyl (C=O) groups excluding carboxylic acids is 2. The molecule has 0 aliphatic carbocycles. The molecule has 2 aliphatic rings. The lowest BCUT2D eigenvalue weighted by Crippen LogP contribution is -2.48. The molecule has 4 rings (SSSR count). The monoisotopic (exact) mass is 355 g/mol. The van der Waals surface area contributed by atoms with Crippen LogP contribution >= 0.6 is 0 Å². The molecule has 136 valence electrons. The van der Waals surface area contributed by atoms with Crippen molar-refractivity contribution in [2.75, 3.05) is 13.1 Å². The van der Waals surface area contributed by atoms with Crippen LogP contribution in [0.15, 0.2) is 36.7 Å². The van der Waals surface area contributed by atoms with E-state index in [2.05, 4.69) is 20.5 Å². The molecular weight excluding hydrogens is 334 g/mol. The van der Waals surface area contributed by atoms with Gasteiger partial charge in [0.05, 0.1) is 0 Å². The fraction of sp³-hybridized carbons (Fsp3) is 0.389. The number of benzene rings is 1. The van der Waals surface area contributed by atoms with Crippen LogP contribution in [0.2, 0.25) is 0 Å². The average molecular weight is 355 g/mol. The number of nitrogens with one attached hydrogen (secondary N) is 2. The predicted molar refractivity (Wildman–Crippen MR) is 93.3 cm³/mol. The summed E-state index contributed by atoms with van der Waals surface area (Å²) in [5.74, 6) is 1.44. The topological polar surface area (TPSA) is 88.5 Å². The second-order valence-electron chi connectivity index (χ2n) is 6.84. The largest absolute Gasteiger partial charge is 0.486 e. The van der Waals surface area contributed by atoms with Gasteiger partial charge in [0.15, 0.2) is 0 Å². The maximum Gasteiger partial charge on any atom is 0.322 e. The zero-order valence-electron chi connectivity index (χ0n) is 14.6. The Morgan fingerprint density at radius 2 is 2.08 bits per heavy atom. The molecule has 2 fully saturated rings. The van der Waals surface area contributed by atoms with Crippen molar-refractivity contribution >= 4 is 11.9 Å². The fourth-order valence-electron chi connectivity index (χ4n) is 3.47. The van der Waals surface area contributed by atoms with E-state index >= 15 is 0 Å². The summed E-state index contributed by atoms with van der Waals surface area (Å²) in [4.78, 5) is 29.8. The Morgan fingerprint density at radius 1 is 1.27 bits per heavy atom. The summed E-state index contributed by atoms with van der Waals surface area (Å²) < 4.78 is 7.69. The third kappa shape index (κ3) is 3.15. The van der Waals surface area contributed by atoms with Crippen LogP contribution in [-0.4, -0.2) is 45.0 Å². The number of carbonyl (C=O) groups is 2. The van der Waals surface area contributed by atoms with Crippen molar-refractivity contribution in [1.29, 1.82) is 0 Å². The molecule has 8 nitrogen and oxygen atoms in total. The van der Waals surface area contributed by atoms with Gasteiger partial charge in [0.25, 0.3) is 5.91 Å². The van der Waals surface area contributed by atoms with Crippen LogP contribution in [0.1, 0.15) is 17.8 Å². The van der Waals surface area contributed by atoms with Gasteiger partial charge in [-0.05, 0) is 24.1 Å². The first-order valence-electron chi connectivity index (χ1n) is 8.58. The number of imidazole rings is 1. The maximum absolute atomic E-state index is 12.0. The minimum Gasteiger partial charge on any atom is -0.486 e. The molecule has 1 unspecified atom stereocenters. The van der Waals surface area contributed by atoms with Crippen LogP contribution < -0.4 is 15.4 Å². The Labute approximate surface area is 151 Å². The third-order valence-corrected chi connectivity index (χ3v) is 4.98. The van der Waals surface area contributed by atoms with Crippen molar-refractivity contribution in [2.45, 2.75) is 25.1 Å². The summed E-state index contributed by atoms with van der Waals surface area (Å²) in [7, 11) is 1.94. The highest BCUT2D eigenvalue weighted by molar-refractivity contribution is 6.07. The summed E-state index contributed by atoms with van der Waals surface area (Å²) in [6.07, 6.45) is 4.27. The van der Waals surface area contributed by atoms with Gasteiger partial charge in [-0.2, -0.15) is 0 Å². The van der Waals surface area contributed by atoms with Gasteiger partial charge in [-0.25, -0.2) is 9.78 Å². The lowest BCUT2D eigenvalue weighted by molar-refractivity contribution is -0.123. The Balaban J connectivity index is 1.33. The predicted octanol–water partition coefficient (Wildman–Crippen LogP) is 0.783. The molecule has 1 atom stereocenters. The van der Waals surface area contributed by atoms with Gasteiger partial charge in [-0.1, -0.05) is 12.1 Å². The molecule has 0 saturated carbocycles. The number of rotatable bonds is 5. The number of ether oxygens (including phenoxy) is 1. The number of likely N-dealkylation sites (tertiary alicyclic amines) is 1. The SMILES string of the molecule is Cn1ccnc1COc1ccc(CN2CCC3(C2)NC(=O)NC3=O)cc1. The quantitative estimate of drug-likeness (QED) is 0.774. The number of urea groups is 1. The summed E-state index contributed by atoms with van der Waals surface area (Å²) in [5, 5.41) is 5.10. The minimum atomic E-state index is -0.762. The first-order chi connectivity index (χ1) is 12.5. The summed E-state index contributed by atoms with van der Waals surface area (Å²) in [6, 6.07) is 7.52. The fourth-order valence-corrected chi connectivity index (χ4v) is 3.47. The molecule has 1 spiro atoms. The van der Waals surface area contributed by atoms with Crippen molar-refractivity contribution in [2.24, 2.45) is 7.05 Å². The number of imide groups is 1. The Bertz CT molecular complexity index is 832. The molecule has 0 radical (unpaired) electrons. The average Bonchev–Trinajstić information content (AvgIpc) is 3.28. The van der Waals surface area contributed by atoms with Crippen LogP contribution in [0.3, 0.4) is 0 Å². The van der Waals surface area contributed by atoms with Gasteiger partial charge in [0, 0.05) is 39.1 Å². The molecule has 26 heavy (non-hydrogen) atoms. The molecule has 2 N–H and O–H groups in total. The summed E-state index contributed by atoms with van der Waals surface area (Å²) >= 11 is 0. The van der Waals surface area contributed by atoms with Crippen LogP contribution in [0, 0.1) is 0 Å². The van der Waals surface area contributed by atoms with Gasteiger partial charge in [0.2, 0.25) is 0 Å². The van der Waals surface area contributed by atoms with E-state index in [1.54, 1.807) is 6.20 Å². The van der Waals surface area contributed by atoms with Crippen molar-refractivity contribution < 1.29 is 14.3 Å². The van der Waals surface area contributed by atoms with Crippen LogP contribution in [0.4, 0.5) is 4.79 Å². The molecule has 3 heterocycles. The smallest absolute Gasteiger partial charge is 0.322 e. The summed E-state index contributed by atoms with van der Waals surface area (Å²) in [5.41, 5.74) is 0.374. The number of aryl methyl sites for hydroxylation is 1. The van der Waals surface area contributed by atoms with E-state index in [1.165, 1.54) is 0 Å². The molecule has 2 aromatic rings. The second-order valence-corrected chi connectivity index (χ2v) is 6.84. The van der Waals surface area contributed by atoms with Crippen molar-refractivity contribution in [3.63, 3.8) is 0 Å². The van der Waals surface area contributed by atoms with Gasteiger partial charge < -0.3 is 14.6 Å². The Kier molecular flexibility index (Phi) is 4.12. The number of nitrogens with zero attached hydrogens (tertiary/aromatic N) is 3. The maximum atomic E-state index is 12.0. The van der Waals surface area contributed by atoms with Crippen LogP contribution in [-0.2, 0) is 25.0 Å². The zero-order chi connectivity index (χ0) is 18.1. The first kappa shape index (κ1) is 16.6. The molecule has 0 bridgehead atoms. The summed E-state index contributed by atoms with van der Waals surface area (Å²) in [6.45, 7) is 2.45. The van der Waals surface area contributed by atoms with E-state index in [0.717, 1.165) is 30.2 Å². The molecule has 2 saturated heterocycles. The van der Waals surface area contributed by atoms with Gasteiger partial charge in [-0.3, -0.25) is 15.0 Å². The van der Waals surface area contributed by atoms with E-state index in [1.807, 2.05) is 42.1 Å². The lowest BCUT2D eigenvalue weighted by Gasteiger charge is -2.21. The van der Waals surface area contributed by atoms with Crippen molar-refractivity contribution in [3.05, 3.63) is 48.0 Å². The Morgan fingerprint density at radius 3 is 2.73 bits per heavy atom. The highest BCUT2D eigenvalue weighted by Gasteiger charge is 2.50. The standard InChI is InChI=1S/C18H21N5O3/c1-22-9-7-19-15(22)11-26-14-4-2-13(3-5-14)10-23-8-6-18(12-23)16(24)20-17(25)21-18/h2-5,7,9H,6,8,10-12H2,1H3,(H2,20,21,24,25). The van der Waals surface area contributed by atoms with Gasteiger partial charge in [0.1, 0.15) is 23.7 Å². The van der Waals surface area contributed by atoms with E-state index < -0.39 is 11.6 Å². The van der Waals surface area contributed by atoms with Crippen LogP contribution in [0.5, 0.6) is 5.75 Å². The van der Waals surface area contributed by atoms with Gasteiger partial charge >= 0.3 is 6.03 Å². The van der Waals surface area contributed by atoms with Crippen LogP contribution in [0.25, 0.3) is 0 Å².